The third-order valence-corrected chi connectivity index (χ3v) is 3.37. The molecule has 1 aliphatic rings. The molecule has 1 aromatic heterocycles. The number of carboxylic acid groups (broad SMARTS) is 1. The quantitative estimate of drug-likeness (QED) is 0.911. The predicted molar refractivity (Wildman–Crippen MR) is 77.5 cm³/mol. The number of rotatable bonds is 3. The SMILES string of the molecule is CC(C)(C)OC(=O)N1CCCC(Cn2cc(C(=O)O)nn2)C1. The Morgan fingerprint density at radius 1 is 1.45 bits per heavy atom. The Morgan fingerprint density at radius 3 is 2.77 bits per heavy atom. The number of hydrogen-bond donors (Lipinski definition) is 1. The Labute approximate surface area is 129 Å². The fourth-order valence-electron chi connectivity index (χ4n) is 2.46. The number of carbonyl (C=O) groups excluding carboxylic acids is 1. The summed E-state index contributed by atoms with van der Waals surface area (Å²) in [5.74, 6) is -0.880. The molecule has 0 aromatic carbocycles. The summed E-state index contributed by atoms with van der Waals surface area (Å²) in [6, 6.07) is 0. The van der Waals surface area contributed by atoms with Gasteiger partial charge in [-0.25, -0.2) is 9.59 Å². The van der Waals surface area contributed by atoms with Gasteiger partial charge < -0.3 is 14.7 Å². The third kappa shape index (κ3) is 4.44. The number of ether oxygens (including phenoxy) is 1. The largest absolute Gasteiger partial charge is 0.476 e. The Hall–Kier alpha value is -2.12. The van der Waals surface area contributed by atoms with Gasteiger partial charge in [0, 0.05) is 19.6 Å². The van der Waals surface area contributed by atoms with Crippen LogP contribution in [0.15, 0.2) is 6.20 Å². The Kier molecular flexibility index (Phi) is 4.68. The molecule has 0 bridgehead atoms. The molecule has 22 heavy (non-hydrogen) atoms. The first-order valence-electron chi connectivity index (χ1n) is 7.36. The van der Waals surface area contributed by atoms with Gasteiger partial charge in [0.05, 0.1) is 6.20 Å². The van der Waals surface area contributed by atoms with E-state index in [1.165, 1.54) is 10.9 Å². The lowest BCUT2D eigenvalue weighted by molar-refractivity contribution is 0.0155. The van der Waals surface area contributed by atoms with Crippen molar-refractivity contribution in [3.8, 4) is 0 Å². The molecule has 1 fully saturated rings. The van der Waals surface area contributed by atoms with Crippen molar-refractivity contribution in [3.63, 3.8) is 0 Å². The maximum Gasteiger partial charge on any atom is 0.410 e. The summed E-state index contributed by atoms with van der Waals surface area (Å²) in [5.41, 5.74) is -0.577. The van der Waals surface area contributed by atoms with Crippen LogP contribution in [0.25, 0.3) is 0 Å². The van der Waals surface area contributed by atoms with Gasteiger partial charge in [0.2, 0.25) is 0 Å². The highest BCUT2D eigenvalue weighted by atomic mass is 16.6. The lowest BCUT2D eigenvalue weighted by Crippen LogP contribution is -2.43. The van der Waals surface area contributed by atoms with Crippen LogP contribution in [0.5, 0.6) is 0 Å². The molecule has 1 saturated heterocycles. The van der Waals surface area contributed by atoms with Gasteiger partial charge in [0.25, 0.3) is 0 Å². The Balaban J connectivity index is 1.92. The van der Waals surface area contributed by atoms with Gasteiger partial charge in [-0.2, -0.15) is 0 Å². The lowest BCUT2D eigenvalue weighted by Gasteiger charge is -2.34. The first kappa shape index (κ1) is 16.3. The van der Waals surface area contributed by atoms with Gasteiger partial charge in [0.15, 0.2) is 5.69 Å². The minimum atomic E-state index is -1.09. The molecule has 2 heterocycles. The van der Waals surface area contributed by atoms with Crippen molar-refractivity contribution in [1.29, 1.82) is 0 Å². The van der Waals surface area contributed by atoms with E-state index in [1.54, 1.807) is 4.90 Å². The highest BCUT2D eigenvalue weighted by Gasteiger charge is 2.28. The van der Waals surface area contributed by atoms with Crippen molar-refractivity contribution in [1.82, 2.24) is 19.9 Å². The van der Waals surface area contributed by atoms with Crippen molar-refractivity contribution in [2.24, 2.45) is 5.92 Å². The molecule has 0 spiro atoms. The molecular weight excluding hydrogens is 288 g/mol. The van der Waals surface area contributed by atoms with Gasteiger partial charge in [0.1, 0.15) is 5.60 Å². The van der Waals surface area contributed by atoms with Crippen molar-refractivity contribution in [2.45, 2.75) is 45.8 Å². The van der Waals surface area contributed by atoms with Crippen LogP contribution >= 0.6 is 0 Å². The van der Waals surface area contributed by atoms with E-state index in [0.717, 1.165) is 12.8 Å². The zero-order valence-electron chi connectivity index (χ0n) is 13.2. The fourth-order valence-corrected chi connectivity index (χ4v) is 2.46. The number of amides is 1. The number of hydrogen-bond acceptors (Lipinski definition) is 5. The lowest BCUT2D eigenvalue weighted by atomic mass is 9.98. The van der Waals surface area contributed by atoms with Crippen LogP contribution in [0.3, 0.4) is 0 Å². The van der Waals surface area contributed by atoms with Gasteiger partial charge >= 0.3 is 12.1 Å². The first-order chi connectivity index (χ1) is 10.2. The van der Waals surface area contributed by atoms with Crippen molar-refractivity contribution < 1.29 is 19.4 Å². The molecule has 1 atom stereocenters. The summed E-state index contributed by atoms with van der Waals surface area (Å²) in [6.07, 6.45) is 2.96. The van der Waals surface area contributed by atoms with E-state index in [1.807, 2.05) is 20.8 Å². The van der Waals surface area contributed by atoms with Crippen molar-refractivity contribution in [3.05, 3.63) is 11.9 Å². The van der Waals surface area contributed by atoms with Crippen LogP contribution in [-0.2, 0) is 11.3 Å². The number of carbonyl (C=O) groups is 2. The zero-order valence-corrected chi connectivity index (χ0v) is 13.2. The summed E-state index contributed by atoms with van der Waals surface area (Å²) in [5, 5.41) is 16.2. The highest BCUT2D eigenvalue weighted by Crippen LogP contribution is 2.20. The predicted octanol–water partition coefficient (Wildman–Crippen LogP) is 1.62. The second-order valence-electron chi connectivity index (χ2n) is 6.57. The van der Waals surface area contributed by atoms with Crippen LogP contribution in [0.1, 0.15) is 44.1 Å². The summed E-state index contributed by atoms with van der Waals surface area (Å²) >= 11 is 0. The topological polar surface area (TPSA) is 97.5 Å². The second-order valence-corrected chi connectivity index (χ2v) is 6.57. The van der Waals surface area contributed by atoms with Crippen molar-refractivity contribution in [2.75, 3.05) is 13.1 Å². The molecule has 8 nitrogen and oxygen atoms in total. The minimum absolute atomic E-state index is 0.0696. The zero-order chi connectivity index (χ0) is 16.3. The molecule has 122 valence electrons. The molecule has 1 aromatic rings. The van der Waals surface area contributed by atoms with Gasteiger partial charge in [-0.1, -0.05) is 5.21 Å². The van der Waals surface area contributed by atoms with E-state index in [-0.39, 0.29) is 17.7 Å². The summed E-state index contributed by atoms with van der Waals surface area (Å²) in [7, 11) is 0. The van der Waals surface area contributed by atoms with Crippen LogP contribution in [0.2, 0.25) is 0 Å². The smallest absolute Gasteiger partial charge is 0.410 e. The van der Waals surface area contributed by atoms with E-state index < -0.39 is 11.6 Å². The number of nitrogens with zero attached hydrogens (tertiary/aromatic N) is 4. The molecule has 2 rings (SSSR count). The van der Waals surface area contributed by atoms with Crippen LogP contribution in [0.4, 0.5) is 4.79 Å². The third-order valence-electron chi connectivity index (χ3n) is 3.37. The molecule has 0 saturated carbocycles. The molecule has 0 aliphatic carbocycles. The number of likely N-dealkylation sites (tertiary alicyclic amines) is 1. The number of aromatic nitrogens is 3. The molecule has 0 radical (unpaired) electrons. The van der Waals surface area contributed by atoms with Crippen LogP contribution in [-0.4, -0.2) is 55.8 Å². The van der Waals surface area contributed by atoms with E-state index in [2.05, 4.69) is 10.3 Å². The molecule has 1 unspecified atom stereocenters. The number of aromatic carboxylic acids is 1. The van der Waals surface area contributed by atoms with Crippen molar-refractivity contribution >= 4 is 12.1 Å². The number of carboxylic acids is 1. The maximum atomic E-state index is 12.1. The first-order valence-corrected chi connectivity index (χ1v) is 7.36. The van der Waals surface area contributed by atoms with E-state index in [4.69, 9.17) is 9.84 Å². The molecular formula is C14H22N4O4. The average molecular weight is 310 g/mol. The summed E-state index contributed by atoms with van der Waals surface area (Å²) in [4.78, 5) is 24.6. The Bertz CT molecular complexity index is 549. The van der Waals surface area contributed by atoms with E-state index in [0.29, 0.717) is 19.6 Å². The van der Waals surface area contributed by atoms with E-state index >= 15 is 0 Å². The fraction of sp³-hybridized carbons (Fsp3) is 0.714. The van der Waals surface area contributed by atoms with Crippen LogP contribution < -0.4 is 0 Å². The summed E-state index contributed by atoms with van der Waals surface area (Å²) < 4.78 is 6.91. The van der Waals surface area contributed by atoms with E-state index in [9.17, 15) is 9.59 Å². The normalized spacial score (nSPS) is 19.0. The highest BCUT2D eigenvalue weighted by molar-refractivity contribution is 5.84. The van der Waals surface area contributed by atoms with Gasteiger partial charge in [-0.3, -0.25) is 4.68 Å². The molecule has 1 N–H and O–H groups in total. The average Bonchev–Trinajstić information content (AvgIpc) is 2.86. The standard InChI is InChI=1S/C14H22N4O4/c1-14(2,3)22-13(21)17-6-4-5-10(7-17)8-18-9-11(12(19)20)15-16-18/h9-10H,4-8H2,1-3H3,(H,19,20). The number of piperidine rings is 1. The van der Waals surface area contributed by atoms with Gasteiger partial charge in [-0.15, -0.1) is 5.10 Å². The summed E-state index contributed by atoms with van der Waals surface area (Å²) in [6.45, 7) is 7.33. The molecule has 8 heteroatoms. The molecule has 1 aliphatic heterocycles. The second kappa shape index (κ2) is 6.33. The molecule has 1 amide bonds. The Morgan fingerprint density at radius 2 is 2.18 bits per heavy atom. The van der Waals surface area contributed by atoms with Gasteiger partial charge in [-0.05, 0) is 39.5 Å². The monoisotopic (exact) mass is 310 g/mol. The van der Waals surface area contributed by atoms with Crippen LogP contribution in [0, 0.1) is 5.92 Å². The minimum Gasteiger partial charge on any atom is -0.476 e. The maximum absolute atomic E-state index is 12.1.